The van der Waals surface area contributed by atoms with Crippen molar-refractivity contribution in [2.24, 2.45) is 51.8 Å². The summed E-state index contributed by atoms with van der Waals surface area (Å²) in [4.78, 5) is 29.5. The number of ether oxygens (including phenoxy) is 1. The van der Waals surface area contributed by atoms with E-state index in [1.54, 1.807) is 7.11 Å². The van der Waals surface area contributed by atoms with E-state index in [-0.39, 0.29) is 17.3 Å². The molecule has 8 rings (SSSR count). The Morgan fingerprint density at radius 1 is 0.895 bits per heavy atom. The van der Waals surface area contributed by atoms with Gasteiger partial charge in [-0.3, -0.25) is 9.59 Å². The third kappa shape index (κ3) is 3.27. The largest absolute Gasteiger partial charge is 0.469 e. The molecule has 9 unspecified atom stereocenters. The van der Waals surface area contributed by atoms with Gasteiger partial charge in [0, 0.05) is 19.0 Å². The highest BCUT2D eigenvalue weighted by Crippen LogP contribution is 2.78. The molecule has 38 heavy (non-hydrogen) atoms. The number of methoxy groups -OCH3 is 1. The lowest BCUT2D eigenvalue weighted by atomic mass is 9.50. The van der Waals surface area contributed by atoms with Gasteiger partial charge < -0.3 is 9.64 Å². The average Bonchev–Trinajstić information content (AvgIpc) is 3.22. The van der Waals surface area contributed by atoms with Crippen LogP contribution in [0.3, 0.4) is 0 Å². The number of nitrogens with zero attached hydrogens (tertiary/aromatic N) is 1. The average molecular weight is 516 g/mol. The number of amides is 1. The predicted molar refractivity (Wildman–Crippen MR) is 146 cm³/mol. The van der Waals surface area contributed by atoms with Crippen molar-refractivity contribution in [3.8, 4) is 0 Å². The van der Waals surface area contributed by atoms with Gasteiger partial charge in [0.2, 0.25) is 5.91 Å². The van der Waals surface area contributed by atoms with Gasteiger partial charge in [0.05, 0.1) is 12.5 Å². The Hall–Kier alpha value is -1.84. The van der Waals surface area contributed by atoms with E-state index >= 15 is 0 Å². The van der Waals surface area contributed by atoms with Gasteiger partial charge in [0.15, 0.2) is 0 Å². The van der Waals surface area contributed by atoms with Crippen LogP contribution in [-0.4, -0.2) is 30.4 Å². The van der Waals surface area contributed by atoms with E-state index in [0.29, 0.717) is 34.5 Å². The highest BCUT2D eigenvalue weighted by Gasteiger charge is 2.71. The molecule has 0 N–H and O–H groups in total. The molecule has 0 aromatic heterocycles. The third-order valence-corrected chi connectivity index (χ3v) is 13.6. The SMILES string of the molecule is COC(=O)C12CCCC3CC1CC(C14CC5CC(C(=O)N6CCc7ccccc7C6)CC(C1)C(C5)C4)(C3)C2. The van der Waals surface area contributed by atoms with Crippen molar-refractivity contribution in [1.82, 2.24) is 4.90 Å². The van der Waals surface area contributed by atoms with Crippen LogP contribution in [0, 0.1) is 51.8 Å². The Morgan fingerprint density at radius 3 is 2.53 bits per heavy atom. The molecule has 1 amide bonds. The molecule has 6 aliphatic carbocycles. The molecule has 1 heterocycles. The number of carbonyl (C=O) groups is 2. The molecule has 6 bridgehead atoms. The second kappa shape index (κ2) is 8.33. The van der Waals surface area contributed by atoms with Crippen LogP contribution in [0.25, 0.3) is 0 Å². The molecule has 204 valence electrons. The Bertz CT molecular complexity index is 1160. The second-order valence-corrected chi connectivity index (χ2v) is 15.2. The number of hydrogen-bond donors (Lipinski definition) is 0. The first-order valence-electron chi connectivity index (χ1n) is 15.9. The highest BCUT2D eigenvalue weighted by molar-refractivity contribution is 5.79. The van der Waals surface area contributed by atoms with Gasteiger partial charge >= 0.3 is 5.97 Å². The Kier molecular flexibility index (Phi) is 5.26. The molecule has 6 fully saturated rings. The standard InChI is InChI=1S/C34H45NO3/c1-38-31(37)34-9-4-5-22-13-29(34)19-33(15-22,21-34)32-16-23-11-26(14-28(18-32)27(12-23)17-32)30(36)35-10-8-24-6-2-3-7-25(24)20-35/h2-3,6-7,22-23,26-29H,4-5,8-21H2,1H3. The number of benzene rings is 1. The molecule has 9 atom stereocenters. The monoisotopic (exact) mass is 515 g/mol. The van der Waals surface area contributed by atoms with Gasteiger partial charge in [-0.05, 0) is 129 Å². The molecule has 4 nitrogen and oxygen atoms in total. The smallest absolute Gasteiger partial charge is 0.312 e. The third-order valence-electron chi connectivity index (χ3n) is 13.6. The van der Waals surface area contributed by atoms with Crippen molar-refractivity contribution >= 4 is 11.9 Å². The lowest BCUT2D eigenvalue weighted by molar-refractivity contribution is -0.156. The Balaban J connectivity index is 1.06. The summed E-state index contributed by atoms with van der Waals surface area (Å²) in [6, 6.07) is 8.69. The molecule has 7 aliphatic rings. The first-order chi connectivity index (χ1) is 18.4. The van der Waals surface area contributed by atoms with Crippen LogP contribution in [0.15, 0.2) is 24.3 Å². The summed E-state index contributed by atoms with van der Waals surface area (Å²) < 4.78 is 5.54. The summed E-state index contributed by atoms with van der Waals surface area (Å²) in [7, 11) is 1.63. The molecular formula is C34H45NO3. The lowest BCUT2D eigenvalue weighted by Gasteiger charge is -2.55. The van der Waals surface area contributed by atoms with E-state index in [4.69, 9.17) is 4.74 Å². The maximum absolute atomic E-state index is 13.9. The molecule has 6 saturated carbocycles. The summed E-state index contributed by atoms with van der Waals surface area (Å²) in [6.07, 6.45) is 17.2. The first-order valence-corrected chi connectivity index (χ1v) is 15.9. The maximum Gasteiger partial charge on any atom is 0.312 e. The van der Waals surface area contributed by atoms with Crippen molar-refractivity contribution in [3.63, 3.8) is 0 Å². The molecular weight excluding hydrogens is 470 g/mol. The van der Waals surface area contributed by atoms with Gasteiger partial charge in [-0.25, -0.2) is 0 Å². The van der Waals surface area contributed by atoms with Crippen molar-refractivity contribution < 1.29 is 14.3 Å². The van der Waals surface area contributed by atoms with Crippen LogP contribution in [0.2, 0.25) is 0 Å². The summed E-state index contributed by atoms with van der Waals surface area (Å²) in [5.41, 5.74) is 3.32. The minimum absolute atomic E-state index is 0.114. The fraction of sp³-hybridized carbons (Fsp3) is 0.765. The molecule has 0 radical (unpaired) electrons. The van der Waals surface area contributed by atoms with Crippen molar-refractivity contribution in [1.29, 1.82) is 0 Å². The minimum atomic E-state index is -0.206. The fourth-order valence-corrected chi connectivity index (χ4v) is 12.4. The molecule has 4 heteroatoms. The van der Waals surface area contributed by atoms with Gasteiger partial charge in [0.25, 0.3) is 0 Å². The minimum Gasteiger partial charge on any atom is -0.469 e. The summed E-state index contributed by atoms with van der Waals surface area (Å²) >= 11 is 0. The van der Waals surface area contributed by atoms with Crippen LogP contribution in [-0.2, 0) is 27.3 Å². The van der Waals surface area contributed by atoms with Crippen molar-refractivity contribution in [2.75, 3.05) is 13.7 Å². The maximum atomic E-state index is 13.9. The number of esters is 1. The number of fused-ring (bicyclic) bond motifs is 6. The zero-order valence-electron chi connectivity index (χ0n) is 23.3. The van der Waals surface area contributed by atoms with E-state index in [1.807, 2.05) is 0 Å². The number of carbonyl (C=O) groups excluding carboxylic acids is 2. The van der Waals surface area contributed by atoms with E-state index in [1.165, 1.54) is 68.9 Å². The molecule has 1 aromatic rings. The van der Waals surface area contributed by atoms with E-state index in [9.17, 15) is 9.59 Å². The molecule has 1 aromatic carbocycles. The van der Waals surface area contributed by atoms with Crippen LogP contribution >= 0.6 is 0 Å². The molecule has 1 aliphatic heterocycles. The van der Waals surface area contributed by atoms with Gasteiger partial charge in [-0.15, -0.1) is 0 Å². The quantitative estimate of drug-likeness (QED) is 0.429. The zero-order valence-corrected chi connectivity index (χ0v) is 23.3. The summed E-state index contributed by atoms with van der Waals surface area (Å²) in [5, 5.41) is 0. The summed E-state index contributed by atoms with van der Waals surface area (Å²) in [6.45, 7) is 1.69. The van der Waals surface area contributed by atoms with E-state index in [0.717, 1.165) is 57.0 Å². The van der Waals surface area contributed by atoms with Crippen molar-refractivity contribution in [2.45, 2.75) is 96.4 Å². The molecule has 0 spiro atoms. The highest BCUT2D eigenvalue weighted by atomic mass is 16.5. The van der Waals surface area contributed by atoms with Crippen LogP contribution in [0.1, 0.15) is 94.6 Å². The van der Waals surface area contributed by atoms with Gasteiger partial charge in [-0.2, -0.15) is 0 Å². The fourth-order valence-electron chi connectivity index (χ4n) is 12.4. The number of rotatable bonds is 3. The van der Waals surface area contributed by atoms with E-state index in [2.05, 4.69) is 29.2 Å². The van der Waals surface area contributed by atoms with Crippen LogP contribution < -0.4 is 0 Å². The van der Waals surface area contributed by atoms with E-state index < -0.39 is 0 Å². The molecule has 0 saturated heterocycles. The topological polar surface area (TPSA) is 46.6 Å². The first kappa shape index (κ1) is 24.0. The zero-order chi connectivity index (χ0) is 25.7. The Morgan fingerprint density at radius 2 is 1.68 bits per heavy atom. The van der Waals surface area contributed by atoms with Crippen LogP contribution in [0.4, 0.5) is 0 Å². The Labute approximate surface area is 228 Å². The predicted octanol–water partition coefficient (Wildman–Crippen LogP) is 6.55. The lowest BCUT2D eigenvalue weighted by Crippen LogP contribution is -2.47. The van der Waals surface area contributed by atoms with Gasteiger partial charge in [-0.1, -0.05) is 37.1 Å². The van der Waals surface area contributed by atoms with Crippen LogP contribution in [0.5, 0.6) is 0 Å². The number of hydrogen-bond acceptors (Lipinski definition) is 3. The summed E-state index contributed by atoms with van der Waals surface area (Å²) in [5.74, 6) is 4.34. The second-order valence-electron chi connectivity index (χ2n) is 15.2. The normalized spacial score (nSPS) is 46.4. The van der Waals surface area contributed by atoms with Gasteiger partial charge in [0.1, 0.15) is 0 Å². The van der Waals surface area contributed by atoms with Crippen molar-refractivity contribution in [3.05, 3.63) is 35.4 Å².